The van der Waals surface area contributed by atoms with Crippen LogP contribution < -0.4 is 10.5 Å². The normalized spacial score (nSPS) is 10.7. The summed E-state index contributed by atoms with van der Waals surface area (Å²) in [6, 6.07) is 9.56. The van der Waals surface area contributed by atoms with Gasteiger partial charge in [-0.05, 0) is 23.8 Å². The number of carbonyl (C=O) groups is 1. The number of aromatic nitrogens is 1. The second kappa shape index (κ2) is 4.94. The van der Waals surface area contributed by atoms with Crippen molar-refractivity contribution in [3.63, 3.8) is 0 Å². The summed E-state index contributed by atoms with van der Waals surface area (Å²) in [4.78, 5) is 16.1. The molecule has 4 nitrogen and oxygen atoms in total. The Hall–Kier alpha value is -2.40. The zero-order valence-electron chi connectivity index (χ0n) is 10.8. The minimum atomic E-state index is -0.410. The molecule has 100 valence electrons. The van der Waals surface area contributed by atoms with Crippen LogP contribution in [0.3, 0.4) is 0 Å². The molecule has 0 atom stereocenters. The Bertz CT molecular complexity index is 778. The zero-order chi connectivity index (χ0) is 14.1. The van der Waals surface area contributed by atoms with Crippen molar-refractivity contribution in [2.45, 2.75) is 0 Å². The van der Waals surface area contributed by atoms with Gasteiger partial charge < -0.3 is 10.5 Å². The van der Waals surface area contributed by atoms with Gasteiger partial charge in [0, 0.05) is 23.3 Å². The average molecular weight is 284 g/mol. The fourth-order valence-corrected chi connectivity index (χ4v) is 2.99. The number of benzene rings is 1. The van der Waals surface area contributed by atoms with E-state index in [4.69, 9.17) is 10.5 Å². The van der Waals surface area contributed by atoms with Crippen molar-refractivity contribution < 1.29 is 9.53 Å². The molecule has 0 saturated carbocycles. The van der Waals surface area contributed by atoms with Gasteiger partial charge in [-0.2, -0.15) is 0 Å². The van der Waals surface area contributed by atoms with E-state index in [1.165, 1.54) is 11.3 Å². The van der Waals surface area contributed by atoms with Gasteiger partial charge in [-0.25, -0.2) is 0 Å². The highest BCUT2D eigenvalue weighted by atomic mass is 32.1. The molecule has 0 bridgehead atoms. The molecule has 0 aliphatic carbocycles. The van der Waals surface area contributed by atoms with E-state index >= 15 is 0 Å². The van der Waals surface area contributed by atoms with Crippen LogP contribution in [0.5, 0.6) is 5.75 Å². The maximum absolute atomic E-state index is 11.3. The highest BCUT2D eigenvalue weighted by Crippen LogP contribution is 2.33. The highest BCUT2D eigenvalue weighted by Gasteiger charge is 2.11. The van der Waals surface area contributed by atoms with Crippen LogP contribution in [0.1, 0.15) is 9.67 Å². The average Bonchev–Trinajstić information content (AvgIpc) is 2.91. The smallest absolute Gasteiger partial charge is 0.258 e. The second-order valence-electron chi connectivity index (χ2n) is 4.30. The summed E-state index contributed by atoms with van der Waals surface area (Å²) in [5, 5.41) is 0.990. The molecule has 0 aliphatic heterocycles. The third kappa shape index (κ3) is 2.12. The lowest BCUT2D eigenvalue weighted by molar-refractivity contribution is 0.100. The first-order valence-corrected chi connectivity index (χ1v) is 6.82. The SMILES string of the molecule is COc1ccc(-c2cncc3sc(C(N)=O)cc23)cc1. The second-order valence-corrected chi connectivity index (χ2v) is 5.39. The van der Waals surface area contributed by atoms with Crippen LogP contribution in [0.2, 0.25) is 0 Å². The van der Waals surface area contributed by atoms with Crippen LogP contribution in [-0.2, 0) is 0 Å². The maximum Gasteiger partial charge on any atom is 0.258 e. The number of rotatable bonds is 3. The van der Waals surface area contributed by atoms with E-state index in [0.717, 1.165) is 27.0 Å². The minimum absolute atomic E-state index is 0.410. The summed E-state index contributed by atoms with van der Waals surface area (Å²) in [5.74, 6) is 0.393. The van der Waals surface area contributed by atoms with E-state index in [9.17, 15) is 4.79 Å². The number of hydrogen-bond acceptors (Lipinski definition) is 4. The summed E-state index contributed by atoms with van der Waals surface area (Å²) >= 11 is 1.36. The molecule has 0 unspecified atom stereocenters. The molecule has 0 spiro atoms. The number of thiophene rings is 1. The number of nitrogens with zero attached hydrogens (tertiary/aromatic N) is 1. The Kier molecular flexibility index (Phi) is 3.12. The van der Waals surface area contributed by atoms with Gasteiger partial charge in [-0.3, -0.25) is 9.78 Å². The first-order valence-electron chi connectivity index (χ1n) is 6.01. The molecule has 0 saturated heterocycles. The van der Waals surface area contributed by atoms with Crippen LogP contribution in [0.4, 0.5) is 0 Å². The number of nitrogens with two attached hydrogens (primary N) is 1. The van der Waals surface area contributed by atoms with E-state index < -0.39 is 5.91 Å². The summed E-state index contributed by atoms with van der Waals surface area (Å²) < 4.78 is 6.10. The quantitative estimate of drug-likeness (QED) is 0.803. The monoisotopic (exact) mass is 284 g/mol. The number of primary amides is 1. The molecule has 1 aromatic carbocycles. The lowest BCUT2D eigenvalue weighted by Crippen LogP contribution is -2.08. The molecule has 0 radical (unpaired) electrons. The predicted molar refractivity (Wildman–Crippen MR) is 80.1 cm³/mol. The van der Waals surface area contributed by atoms with Crippen molar-refractivity contribution in [2.75, 3.05) is 7.11 Å². The number of amides is 1. The van der Waals surface area contributed by atoms with Crippen molar-refractivity contribution in [3.8, 4) is 16.9 Å². The number of hydrogen-bond donors (Lipinski definition) is 1. The van der Waals surface area contributed by atoms with Crippen LogP contribution in [0, 0.1) is 0 Å². The molecule has 3 rings (SSSR count). The molecule has 1 amide bonds. The summed E-state index contributed by atoms with van der Waals surface area (Å²) in [7, 11) is 1.63. The standard InChI is InChI=1S/C15H12N2O2S/c1-19-10-4-2-9(3-5-10)12-7-17-8-14-11(12)6-13(20-14)15(16)18/h2-8H,1H3,(H2,16,18). The predicted octanol–water partition coefficient (Wildman–Crippen LogP) is 3.07. The van der Waals surface area contributed by atoms with Gasteiger partial charge in [0.15, 0.2) is 0 Å². The van der Waals surface area contributed by atoms with Crippen LogP contribution in [0.25, 0.3) is 21.2 Å². The number of carbonyl (C=O) groups excluding carboxylic acids is 1. The van der Waals surface area contributed by atoms with E-state index in [1.54, 1.807) is 19.5 Å². The Morgan fingerprint density at radius 2 is 2.00 bits per heavy atom. The first kappa shape index (κ1) is 12.6. The van der Waals surface area contributed by atoms with Crippen LogP contribution in [-0.4, -0.2) is 18.0 Å². The Morgan fingerprint density at radius 1 is 1.25 bits per heavy atom. The molecule has 2 aromatic heterocycles. The Balaban J connectivity index is 2.16. The summed E-state index contributed by atoms with van der Waals surface area (Å²) in [6.45, 7) is 0. The first-order chi connectivity index (χ1) is 9.69. The summed E-state index contributed by atoms with van der Waals surface area (Å²) in [6.07, 6.45) is 3.54. The van der Waals surface area contributed by atoms with Crippen LogP contribution in [0.15, 0.2) is 42.7 Å². The minimum Gasteiger partial charge on any atom is -0.497 e. The van der Waals surface area contributed by atoms with Gasteiger partial charge >= 0.3 is 0 Å². The van der Waals surface area contributed by atoms with Crippen molar-refractivity contribution in [1.29, 1.82) is 0 Å². The van der Waals surface area contributed by atoms with Crippen molar-refractivity contribution in [2.24, 2.45) is 5.73 Å². The molecule has 0 fully saturated rings. The van der Waals surface area contributed by atoms with E-state index in [1.807, 2.05) is 30.3 Å². The molecule has 2 heterocycles. The van der Waals surface area contributed by atoms with Gasteiger partial charge in [-0.15, -0.1) is 11.3 Å². The molecule has 3 aromatic rings. The Morgan fingerprint density at radius 3 is 2.65 bits per heavy atom. The van der Waals surface area contributed by atoms with Gasteiger partial charge in [-0.1, -0.05) is 12.1 Å². The highest BCUT2D eigenvalue weighted by molar-refractivity contribution is 7.20. The Labute approximate surface area is 119 Å². The van der Waals surface area contributed by atoms with Gasteiger partial charge in [0.05, 0.1) is 16.7 Å². The molecular formula is C15H12N2O2S. The largest absolute Gasteiger partial charge is 0.497 e. The lowest BCUT2D eigenvalue weighted by atomic mass is 10.0. The van der Waals surface area contributed by atoms with E-state index in [2.05, 4.69) is 4.98 Å². The van der Waals surface area contributed by atoms with Crippen molar-refractivity contribution in [1.82, 2.24) is 4.98 Å². The molecule has 0 aliphatic rings. The van der Waals surface area contributed by atoms with Crippen molar-refractivity contribution in [3.05, 3.63) is 47.6 Å². The van der Waals surface area contributed by atoms with Gasteiger partial charge in [0.1, 0.15) is 5.75 Å². The number of methoxy groups -OCH3 is 1. The third-order valence-electron chi connectivity index (χ3n) is 3.09. The number of fused-ring (bicyclic) bond motifs is 1. The van der Waals surface area contributed by atoms with Crippen LogP contribution >= 0.6 is 11.3 Å². The summed E-state index contributed by atoms with van der Waals surface area (Å²) in [5.41, 5.74) is 7.34. The van der Waals surface area contributed by atoms with E-state index in [-0.39, 0.29) is 0 Å². The number of pyridine rings is 1. The van der Waals surface area contributed by atoms with Gasteiger partial charge in [0.25, 0.3) is 5.91 Å². The van der Waals surface area contributed by atoms with Crippen molar-refractivity contribution >= 4 is 27.3 Å². The fourth-order valence-electron chi connectivity index (χ4n) is 2.08. The van der Waals surface area contributed by atoms with E-state index in [0.29, 0.717) is 4.88 Å². The molecular weight excluding hydrogens is 272 g/mol. The zero-order valence-corrected chi connectivity index (χ0v) is 11.6. The maximum atomic E-state index is 11.3. The lowest BCUT2D eigenvalue weighted by Gasteiger charge is -2.04. The van der Waals surface area contributed by atoms with Gasteiger partial charge in [0.2, 0.25) is 0 Å². The molecule has 5 heteroatoms. The topological polar surface area (TPSA) is 65.2 Å². The molecule has 20 heavy (non-hydrogen) atoms. The third-order valence-corrected chi connectivity index (χ3v) is 4.17. The fraction of sp³-hybridized carbons (Fsp3) is 0.0667. The number of ether oxygens (including phenoxy) is 1. The molecule has 2 N–H and O–H groups in total.